The first-order valence-electron chi connectivity index (χ1n) is 9.57. The van der Waals surface area contributed by atoms with Gasteiger partial charge < -0.3 is 10.1 Å². The molecule has 0 spiro atoms. The van der Waals surface area contributed by atoms with E-state index in [1.165, 1.54) is 30.0 Å². The number of hydrogen-bond donors (Lipinski definition) is 1. The number of nitrogens with zero attached hydrogens (tertiary/aromatic N) is 3. The van der Waals surface area contributed by atoms with Gasteiger partial charge in [0.05, 0.1) is 10.8 Å². The van der Waals surface area contributed by atoms with Crippen molar-refractivity contribution in [3.8, 4) is 5.75 Å². The number of rotatable bonds is 10. The minimum absolute atomic E-state index is 0.106. The molecule has 1 unspecified atom stereocenters. The minimum atomic E-state index is -0.503. The van der Waals surface area contributed by atoms with E-state index in [0.29, 0.717) is 29.8 Å². The summed E-state index contributed by atoms with van der Waals surface area (Å²) in [5.41, 5.74) is 1.03. The second kappa shape index (κ2) is 11.0. The molecule has 0 saturated carbocycles. The molecule has 1 N–H and O–H groups in total. The average molecular weight is 461 g/mol. The van der Waals surface area contributed by atoms with Gasteiger partial charge in [-0.2, -0.15) is 0 Å². The molecule has 1 atom stereocenters. The van der Waals surface area contributed by atoms with Gasteiger partial charge in [-0.15, -0.1) is 16.8 Å². The van der Waals surface area contributed by atoms with Gasteiger partial charge in [0.2, 0.25) is 5.91 Å². The van der Waals surface area contributed by atoms with E-state index in [1.807, 2.05) is 34.9 Å². The van der Waals surface area contributed by atoms with E-state index >= 15 is 0 Å². The van der Waals surface area contributed by atoms with Gasteiger partial charge in [0, 0.05) is 13.1 Å². The Balaban J connectivity index is 1.63. The summed E-state index contributed by atoms with van der Waals surface area (Å²) < 4.78 is 20.9. The van der Waals surface area contributed by atoms with Crippen molar-refractivity contribution in [1.29, 1.82) is 0 Å². The summed E-state index contributed by atoms with van der Waals surface area (Å²) in [6, 6.07) is 13.6. The fourth-order valence-electron chi connectivity index (χ4n) is 2.80. The van der Waals surface area contributed by atoms with Crippen LogP contribution in [0.5, 0.6) is 5.75 Å². The SMILES string of the molecule is C=CCn1c(SCC(=O)NCc2ccccc2)nnc1C(C)Oc1ccc(F)cc1Cl. The number of carbonyl (C=O) groups is 1. The van der Waals surface area contributed by atoms with E-state index in [0.717, 1.165) is 5.56 Å². The molecule has 6 nitrogen and oxygen atoms in total. The molecule has 1 heterocycles. The Bertz CT molecular complexity index is 1050. The predicted molar refractivity (Wildman–Crippen MR) is 120 cm³/mol. The predicted octanol–water partition coefficient (Wildman–Crippen LogP) is 4.81. The molecule has 162 valence electrons. The number of aromatic nitrogens is 3. The van der Waals surface area contributed by atoms with Gasteiger partial charge in [-0.25, -0.2) is 4.39 Å². The number of hydrogen-bond acceptors (Lipinski definition) is 5. The van der Waals surface area contributed by atoms with E-state index in [-0.39, 0.29) is 16.7 Å². The number of nitrogens with one attached hydrogen (secondary N) is 1. The largest absolute Gasteiger partial charge is 0.481 e. The first kappa shape index (κ1) is 22.8. The molecule has 0 aliphatic heterocycles. The molecular weight excluding hydrogens is 439 g/mol. The van der Waals surface area contributed by atoms with Crippen LogP contribution in [0, 0.1) is 5.82 Å². The lowest BCUT2D eigenvalue weighted by Gasteiger charge is -2.16. The Labute approximate surface area is 189 Å². The average Bonchev–Trinajstić information content (AvgIpc) is 3.16. The quantitative estimate of drug-likeness (QED) is 0.347. The number of amides is 1. The van der Waals surface area contributed by atoms with Gasteiger partial charge in [0.25, 0.3) is 0 Å². The second-order valence-electron chi connectivity index (χ2n) is 6.63. The molecule has 3 rings (SSSR count). The van der Waals surface area contributed by atoms with Gasteiger partial charge in [-0.1, -0.05) is 59.8 Å². The Kier molecular flexibility index (Phi) is 8.08. The van der Waals surface area contributed by atoms with E-state index in [9.17, 15) is 9.18 Å². The van der Waals surface area contributed by atoms with Crippen molar-refractivity contribution in [1.82, 2.24) is 20.1 Å². The number of halogens is 2. The molecule has 0 fully saturated rings. The van der Waals surface area contributed by atoms with Crippen LogP contribution in [0.3, 0.4) is 0 Å². The molecule has 31 heavy (non-hydrogen) atoms. The third kappa shape index (κ3) is 6.32. The summed E-state index contributed by atoms with van der Waals surface area (Å²) in [6.45, 7) is 6.48. The van der Waals surface area contributed by atoms with Crippen LogP contribution in [-0.4, -0.2) is 26.4 Å². The van der Waals surface area contributed by atoms with Crippen LogP contribution in [0.4, 0.5) is 4.39 Å². The maximum atomic E-state index is 13.3. The van der Waals surface area contributed by atoms with E-state index in [2.05, 4.69) is 22.1 Å². The van der Waals surface area contributed by atoms with Crippen molar-refractivity contribution in [2.24, 2.45) is 0 Å². The van der Waals surface area contributed by atoms with Crippen molar-refractivity contribution in [2.45, 2.75) is 31.3 Å². The number of thioether (sulfide) groups is 1. The maximum absolute atomic E-state index is 13.3. The van der Waals surface area contributed by atoms with Gasteiger partial charge in [0.15, 0.2) is 17.1 Å². The third-order valence-corrected chi connectivity index (χ3v) is 5.55. The molecule has 0 aliphatic carbocycles. The number of allylic oxidation sites excluding steroid dienone is 1. The summed E-state index contributed by atoms with van der Waals surface area (Å²) in [7, 11) is 0. The Morgan fingerprint density at radius 3 is 2.81 bits per heavy atom. The van der Waals surface area contributed by atoms with Gasteiger partial charge >= 0.3 is 0 Å². The number of benzene rings is 2. The first-order valence-corrected chi connectivity index (χ1v) is 10.9. The summed E-state index contributed by atoms with van der Waals surface area (Å²) in [5.74, 6) is 0.543. The lowest BCUT2D eigenvalue weighted by Crippen LogP contribution is -2.24. The zero-order chi connectivity index (χ0) is 22.2. The Morgan fingerprint density at radius 1 is 1.32 bits per heavy atom. The zero-order valence-electron chi connectivity index (χ0n) is 16.9. The molecular formula is C22H22ClFN4O2S. The second-order valence-corrected chi connectivity index (χ2v) is 7.98. The fraction of sp³-hybridized carbons (Fsp3) is 0.227. The molecule has 1 amide bonds. The molecule has 0 radical (unpaired) electrons. The molecule has 0 aliphatic rings. The van der Waals surface area contributed by atoms with E-state index in [4.69, 9.17) is 16.3 Å². The molecule has 0 bridgehead atoms. The van der Waals surface area contributed by atoms with Crippen LogP contribution >= 0.6 is 23.4 Å². The Hall–Kier alpha value is -2.84. The van der Waals surface area contributed by atoms with Crippen molar-refractivity contribution in [2.75, 3.05) is 5.75 Å². The van der Waals surface area contributed by atoms with Crippen LogP contribution in [0.2, 0.25) is 5.02 Å². The maximum Gasteiger partial charge on any atom is 0.230 e. The smallest absolute Gasteiger partial charge is 0.230 e. The topological polar surface area (TPSA) is 69.0 Å². The van der Waals surface area contributed by atoms with Crippen molar-refractivity contribution in [3.63, 3.8) is 0 Å². The van der Waals surface area contributed by atoms with E-state index in [1.54, 1.807) is 13.0 Å². The highest BCUT2D eigenvalue weighted by Crippen LogP contribution is 2.30. The molecule has 1 aromatic heterocycles. The van der Waals surface area contributed by atoms with Crippen LogP contribution in [0.15, 0.2) is 66.3 Å². The summed E-state index contributed by atoms with van der Waals surface area (Å²) in [4.78, 5) is 12.2. The van der Waals surface area contributed by atoms with E-state index < -0.39 is 11.9 Å². The van der Waals surface area contributed by atoms with Crippen LogP contribution < -0.4 is 10.1 Å². The summed E-state index contributed by atoms with van der Waals surface area (Å²) in [6.07, 6.45) is 1.21. The normalized spacial score (nSPS) is 11.7. The molecule has 9 heteroatoms. The van der Waals surface area contributed by atoms with Crippen molar-refractivity contribution >= 4 is 29.3 Å². The lowest BCUT2D eigenvalue weighted by molar-refractivity contribution is -0.118. The highest BCUT2D eigenvalue weighted by atomic mass is 35.5. The highest BCUT2D eigenvalue weighted by Gasteiger charge is 2.20. The monoisotopic (exact) mass is 460 g/mol. The summed E-state index contributed by atoms with van der Waals surface area (Å²) in [5, 5.41) is 12.1. The zero-order valence-corrected chi connectivity index (χ0v) is 18.5. The van der Waals surface area contributed by atoms with Crippen LogP contribution in [0.1, 0.15) is 24.4 Å². The molecule has 0 saturated heterocycles. The Morgan fingerprint density at radius 2 is 2.10 bits per heavy atom. The lowest BCUT2D eigenvalue weighted by atomic mass is 10.2. The first-order chi connectivity index (χ1) is 15.0. The van der Waals surface area contributed by atoms with Crippen LogP contribution in [-0.2, 0) is 17.9 Å². The summed E-state index contributed by atoms with van der Waals surface area (Å²) >= 11 is 7.33. The van der Waals surface area contributed by atoms with Crippen molar-refractivity contribution in [3.05, 3.63) is 83.4 Å². The number of ether oxygens (including phenoxy) is 1. The standard InChI is InChI=1S/C22H22ClFN4O2S/c1-3-11-28-21(15(2)30-19-10-9-17(24)12-18(19)23)26-27-22(28)31-14-20(29)25-13-16-7-5-4-6-8-16/h3-10,12,15H,1,11,13-14H2,2H3,(H,25,29). The molecule has 3 aromatic rings. The minimum Gasteiger partial charge on any atom is -0.481 e. The van der Waals surface area contributed by atoms with Gasteiger partial charge in [-0.3, -0.25) is 9.36 Å². The third-order valence-electron chi connectivity index (χ3n) is 4.28. The van der Waals surface area contributed by atoms with Crippen molar-refractivity contribution < 1.29 is 13.9 Å². The van der Waals surface area contributed by atoms with Gasteiger partial charge in [-0.05, 0) is 30.7 Å². The molecule has 2 aromatic carbocycles. The highest BCUT2D eigenvalue weighted by molar-refractivity contribution is 7.99. The fourth-order valence-corrected chi connectivity index (χ4v) is 3.80. The number of carbonyl (C=O) groups excluding carboxylic acids is 1. The van der Waals surface area contributed by atoms with Crippen LogP contribution in [0.25, 0.3) is 0 Å². The van der Waals surface area contributed by atoms with Gasteiger partial charge in [0.1, 0.15) is 11.6 Å².